The van der Waals surface area contributed by atoms with Crippen molar-refractivity contribution in [1.29, 1.82) is 0 Å². The van der Waals surface area contributed by atoms with Gasteiger partial charge in [0.05, 0.1) is 0 Å². The maximum absolute atomic E-state index is 12.0. The summed E-state index contributed by atoms with van der Waals surface area (Å²) < 4.78 is 0. The molecule has 1 aliphatic heterocycles. The monoisotopic (exact) mass is 252 g/mol. The number of para-hydroxylation sites is 1. The molecule has 19 heavy (non-hydrogen) atoms. The van der Waals surface area contributed by atoms with Crippen LogP contribution in [-0.2, 0) is 4.79 Å². The Hall–Kier alpha value is -2.62. The maximum atomic E-state index is 12.0. The Kier molecular flexibility index (Phi) is 2.76. The summed E-state index contributed by atoms with van der Waals surface area (Å²) in [7, 11) is 0. The Morgan fingerprint density at radius 2 is 1.42 bits per heavy atom. The highest BCUT2D eigenvalue weighted by molar-refractivity contribution is 6.14. The van der Waals surface area contributed by atoms with Gasteiger partial charge in [0.1, 0.15) is 6.04 Å². The average molecular weight is 252 g/mol. The molecular formula is C15H12N2O2. The second-order valence-electron chi connectivity index (χ2n) is 4.31. The van der Waals surface area contributed by atoms with Crippen molar-refractivity contribution < 1.29 is 9.59 Å². The smallest absolute Gasteiger partial charge is 0.277 e. The quantitative estimate of drug-likeness (QED) is 0.835. The normalized spacial score (nSPS) is 18.5. The first kappa shape index (κ1) is 11.5. The molecule has 1 N–H and O–H groups in total. The first-order chi connectivity index (χ1) is 9.27. The predicted molar refractivity (Wildman–Crippen MR) is 71.6 cm³/mol. The van der Waals surface area contributed by atoms with E-state index in [4.69, 9.17) is 0 Å². The number of nitrogens with zero attached hydrogens (tertiary/aromatic N) is 1. The molecule has 0 aromatic heterocycles. The average Bonchev–Trinajstić information content (AvgIpc) is 2.75. The van der Waals surface area contributed by atoms with Gasteiger partial charge >= 0.3 is 6.03 Å². The Morgan fingerprint density at radius 3 is 2.05 bits per heavy atom. The minimum Gasteiger partial charge on any atom is -0.277 e. The molecule has 94 valence electrons. The summed E-state index contributed by atoms with van der Waals surface area (Å²) in [5.41, 5.74) is 1.51. The Balaban J connectivity index is 2.06. The Morgan fingerprint density at radius 1 is 0.842 bits per heavy atom. The van der Waals surface area contributed by atoms with Crippen LogP contribution < -0.4 is 10.2 Å². The highest BCUT2D eigenvalue weighted by Gasteiger charge is 2.40. The molecule has 4 heteroatoms. The molecule has 2 aromatic rings. The molecule has 1 heterocycles. The third-order valence-electron chi connectivity index (χ3n) is 3.11. The second-order valence-corrected chi connectivity index (χ2v) is 4.31. The summed E-state index contributed by atoms with van der Waals surface area (Å²) >= 11 is 0. The first-order valence-corrected chi connectivity index (χ1v) is 6.01. The van der Waals surface area contributed by atoms with Gasteiger partial charge in [-0.1, -0.05) is 48.5 Å². The third kappa shape index (κ3) is 1.97. The van der Waals surface area contributed by atoms with Crippen molar-refractivity contribution in [3.05, 3.63) is 66.2 Å². The van der Waals surface area contributed by atoms with E-state index in [0.29, 0.717) is 5.69 Å². The zero-order valence-corrected chi connectivity index (χ0v) is 10.1. The molecular weight excluding hydrogens is 240 g/mol. The van der Waals surface area contributed by atoms with Gasteiger partial charge in [-0.25, -0.2) is 4.79 Å². The number of hydrogen-bond acceptors (Lipinski definition) is 2. The lowest BCUT2D eigenvalue weighted by Crippen LogP contribution is -2.29. The van der Waals surface area contributed by atoms with E-state index in [0.717, 1.165) is 5.56 Å². The van der Waals surface area contributed by atoms with Gasteiger partial charge in [0.15, 0.2) is 0 Å². The largest absolute Gasteiger partial charge is 0.329 e. The summed E-state index contributed by atoms with van der Waals surface area (Å²) in [5.74, 6) is -0.292. The number of urea groups is 1. The van der Waals surface area contributed by atoms with Gasteiger partial charge < -0.3 is 0 Å². The van der Waals surface area contributed by atoms with E-state index in [9.17, 15) is 9.59 Å². The maximum Gasteiger partial charge on any atom is 0.329 e. The molecule has 1 aliphatic rings. The van der Waals surface area contributed by atoms with E-state index in [2.05, 4.69) is 5.32 Å². The van der Waals surface area contributed by atoms with Gasteiger partial charge in [0.25, 0.3) is 5.91 Å². The van der Waals surface area contributed by atoms with Gasteiger partial charge in [-0.05, 0) is 17.7 Å². The molecule has 1 unspecified atom stereocenters. The molecule has 0 radical (unpaired) electrons. The van der Waals surface area contributed by atoms with E-state index >= 15 is 0 Å². The minimum atomic E-state index is -0.601. The molecule has 0 bridgehead atoms. The summed E-state index contributed by atoms with van der Waals surface area (Å²) in [6.07, 6.45) is 0. The summed E-state index contributed by atoms with van der Waals surface area (Å²) in [6.45, 7) is 0. The van der Waals surface area contributed by atoms with Crippen molar-refractivity contribution in [3.8, 4) is 0 Å². The van der Waals surface area contributed by atoms with E-state index < -0.39 is 6.04 Å². The third-order valence-corrected chi connectivity index (χ3v) is 3.11. The molecule has 0 spiro atoms. The number of imide groups is 1. The van der Waals surface area contributed by atoms with Crippen LogP contribution in [0.1, 0.15) is 11.6 Å². The number of carbonyl (C=O) groups excluding carboxylic acids is 2. The van der Waals surface area contributed by atoms with Crippen LogP contribution in [0, 0.1) is 0 Å². The van der Waals surface area contributed by atoms with E-state index in [-0.39, 0.29) is 11.9 Å². The van der Waals surface area contributed by atoms with Crippen LogP contribution in [0.3, 0.4) is 0 Å². The van der Waals surface area contributed by atoms with E-state index in [1.165, 1.54) is 4.90 Å². The van der Waals surface area contributed by atoms with Crippen LogP contribution in [0.25, 0.3) is 0 Å². The molecule has 1 atom stereocenters. The standard InChI is InChI=1S/C15H12N2O2/c18-14-13(11-7-3-1-4-8-11)17(15(19)16-14)12-9-5-2-6-10-12/h1-10,13H,(H,16,18,19). The number of benzene rings is 2. The molecule has 2 aromatic carbocycles. The molecule has 3 rings (SSSR count). The number of nitrogens with one attached hydrogen (secondary N) is 1. The summed E-state index contributed by atoms with van der Waals surface area (Å²) in [6, 6.07) is 17.5. The topological polar surface area (TPSA) is 49.4 Å². The van der Waals surface area contributed by atoms with Crippen molar-refractivity contribution in [2.45, 2.75) is 6.04 Å². The van der Waals surface area contributed by atoms with Gasteiger partial charge in [0.2, 0.25) is 0 Å². The number of amides is 3. The lowest BCUT2D eigenvalue weighted by molar-refractivity contribution is -0.119. The van der Waals surface area contributed by atoms with Crippen LogP contribution in [0.2, 0.25) is 0 Å². The molecule has 3 amide bonds. The Labute approximate surface area is 110 Å². The molecule has 0 aliphatic carbocycles. The van der Waals surface area contributed by atoms with Gasteiger partial charge in [-0.15, -0.1) is 0 Å². The number of anilines is 1. The summed E-state index contributed by atoms with van der Waals surface area (Å²) in [5, 5.41) is 2.36. The Bertz CT molecular complexity index is 555. The second kappa shape index (κ2) is 4.57. The molecule has 4 nitrogen and oxygen atoms in total. The number of hydrogen-bond donors (Lipinski definition) is 1. The van der Waals surface area contributed by atoms with Crippen LogP contribution in [0.5, 0.6) is 0 Å². The van der Waals surface area contributed by atoms with Crippen LogP contribution in [0.15, 0.2) is 60.7 Å². The molecule has 0 saturated carbocycles. The van der Waals surface area contributed by atoms with E-state index in [1.807, 2.05) is 60.7 Å². The zero-order valence-electron chi connectivity index (χ0n) is 10.1. The molecule has 1 saturated heterocycles. The van der Waals surface area contributed by atoms with Gasteiger partial charge in [-0.2, -0.15) is 0 Å². The first-order valence-electron chi connectivity index (χ1n) is 6.01. The minimum absolute atomic E-state index is 0.292. The molecule has 1 fully saturated rings. The zero-order chi connectivity index (χ0) is 13.2. The van der Waals surface area contributed by atoms with Crippen molar-refractivity contribution in [2.75, 3.05) is 4.90 Å². The van der Waals surface area contributed by atoms with Gasteiger partial charge in [-0.3, -0.25) is 15.0 Å². The van der Waals surface area contributed by atoms with Gasteiger partial charge in [0, 0.05) is 5.69 Å². The van der Waals surface area contributed by atoms with Crippen molar-refractivity contribution >= 4 is 17.6 Å². The lowest BCUT2D eigenvalue weighted by Gasteiger charge is -2.21. The fourth-order valence-corrected chi connectivity index (χ4v) is 2.26. The number of rotatable bonds is 2. The predicted octanol–water partition coefficient (Wildman–Crippen LogP) is 2.48. The lowest BCUT2D eigenvalue weighted by atomic mass is 10.1. The number of carbonyl (C=O) groups is 2. The van der Waals surface area contributed by atoms with Crippen molar-refractivity contribution in [1.82, 2.24) is 5.32 Å². The van der Waals surface area contributed by atoms with Crippen LogP contribution in [-0.4, -0.2) is 11.9 Å². The van der Waals surface area contributed by atoms with Crippen LogP contribution in [0.4, 0.5) is 10.5 Å². The van der Waals surface area contributed by atoms with E-state index in [1.54, 1.807) is 0 Å². The van der Waals surface area contributed by atoms with Crippen molar-refractivity contribution in [3.63, 3.8) is 0 Å². The fraction of sp³-hybridized carbons (Fsp3) is 0.0667. The fourth-order valence-electron chi connectivity index (χ4n) is 2.26. The highest BCUT2D eigenvalue weighted by Crippen LogP contribution is 2.30. The highest BCUT2D eigenvalue weighted by atomic mass is 16.2. The van der Waals surface area contributed by atoms with Crippen LogP contribution >= 0.6 is 0 Å². The SMILES string of the molecule is O=C1NC(=O)N(c2ccccc2)C1c1ccccc1. The van der Waals surface area contributed by atoms with Crippen molar-refractivity contribution in [2.24, 2.45) is 0 Å². The summed E-state index contributed by atoms with van der Waals surface area (Å²) in [4.78, 5) is 25.4.